The summed E-state index contributed by atoms with van der Waals surface area (Å²) >= 11 is 0. The highest BCUT2D eigenvalue weighted by Gasteiger charge is 2.24. The Hall–Kier alpha value is -3.66. The molecule has 0 radical (unpaired) electrons. The average Bonchev–Trinajstić information content (AvgIpc) is 2.74. The summed E-state index contributed by atoms with van der Waals surface area (Å²) in [5.41, 5.74) is 10.4. The fraction of sp³-hybridized carbons (Fsp3) is 0.238. The van der Waals surface area contributed by atoms with Gasteiger partial charge in [0.15, 0.2) is 0 Å². The standard InChI is InChI=1S/C21H21N7/c1-15-19(17-6-4-8-24-14-17)20(26-21(23)25-15)28-11-9-27(10-12-28)18-7-3-2-5-16(18)13-22/h2-8,14H,9-12H2,1H3,(H2,23,25,26). The van der Waals surface area contributed by atoms with Gasteiger partial charge in [0.2, 0.25) is 5.95 Å². The molecule has 3 heterocycles. The van der Waals surface area contributed by atoms with E-state index in [0.717, 1.165) is 54.5 Å². The molecule has 0 amide bonds. The molecular formula is C21H21N7. The lowest BCUT2D eigenvalue weighted by Crippen LogP contribution is -2.47. The predicted octanol–water partition coefficient (Wildman–Crippen LogP) is 2.63. The SMILES string of the molecule is Cc1nc(N)nc(N2CCN(c3ccccc3C#N)CC2)c1-c1cccnc1. The van der Waals surface area contributed by atoms with Gasteiger partial charge in [-0.3, -0.25) is 4.98 Å². The maximum Gasteiger partial charge on any atom is 0.222 e. The molecule has 2 N–H and O–H groups in total. The van der Waals surface area contributed by atoms with E-state index in [1.54, 1.807) is 6.20 Å². The molecule has 0 aliphatic carbocycles. The second-order valence-electron chi connectivity index (χ2n) is 6.71. The number of nitrogens with zero attached hydrogens (tertiary/aromatic N) is 6. The van der Waals surface area contributed by atoms with Crippen molar-refractivity contribution in [3.05, 3.63) is 60.0 Å². The van der Waals surface area contributed by atoms with Crippen LogP contribution in [0.1, 0.15) is 11.3 Å². The van der Waals surface area contributed by atoms with Crippen molar-refractivity contribution >= 4 is 17.5 Å². The van der Waals surface area contributed by atoms with Gasteiger partial charge in [-0.25, -0.2) is 4.98 Å². The lowest BCUT2D eigenvalue weighted by molar-refractivity contribution is 0.647. The van der Waals surface area contributed by atoms with Gasteiger partial charge in [-0.1, -0.05) is 18.2 Å². The van der Waals surface area contributed by atoms with Crippen molar-refractivity contribution in [2.75, 3.05) is 41.7 Å². The molecule has 28 heavy (non-hydrogen) atoms. The Morgan fingerprint density at radius 1 is 1.00 bits per heavy atom. The third-order valence-electron chi connectivity index (χ3n) is 4.98. The zero-order valence-corrected chi connectivity index (χ0v) is 15.7. The maximum absolute atomic E-state index is 9.38. The fourth-order valence-electron chi connectivity index (χ4n) is 3.66. The van der Waals surface area contributed by atoms with Crippen LogP contribution in [-0.2, 0) is 0 Å². The molecule has 1 aromatic carbocycles. The molecule has 2 aromatic heterocycles. The van der Waals surface area contributed by atoms with Crippen molar-refractivity contribution in [2.45, 2.75) is 6.92 Å². The Morgan fingerprint density at radius 3 is 2.46 bits per heavy atom. The van der Waals surface area contributed by atoms with Gasteiger partial charge in [0.05, 0.1) is 16.9 Å². The van der Waals surface area contributed by atoms with Gasteiger partial charge < -0.3 is 15.5 Å². The number of para-hydroxylation sites is 1. The van der Waals surface area contributed by atoms with E-state index in [1.165, 1.54) is 0 Å². The Labute approximate surface area is 164 Å². The second-order valence-corrected chi connectivity index (χ2v) is 6.71. The van der Waals surface area contributed by atoms with Gasteiger partial charge in [-0.15, -0.1) is 0 Å². The third kappa shape index (κ3) is 3.32. The zero-order chi connectivity index (χ0) is 19.5. The Balaban J connectivity index is 1.63. The Morgan fingerprint density at radius 2 is 1.75 bits per heavy atom. The van der Waals surface area contributed by atoms with Crippen LogP contribution in [0.3, 0.4) is 0 Å². The first-order chi connectivity index (χ1) is 13.7. The van der Waals surface area contributed by atoms with Crippen LogP contribution in [-0.4, -0.2) is 41.1 Å². The van der Waals surface area contributed by atoms with E-state index in [9.17, 15) is 5.26 Å². The number of hydrogen-bond donors (Lipinski definition) is 1. The molecule has 4 rings (SSSR count). The Bertz CT molecular complexity index is 1020. The number of rotatable bonds is 3. The van der Waals surface area contributed by atoms with E-state index >= 15 is 0 Å². The van der Waals surface area contributed by atoms with Crippen molar-refractivity contribution < 1.29 is 0 Å². The Kier molecular flexibility index (Phi) is 4.77. The van der Waals surface area contributed by atoms with Crippen molar-refractivity contribution in [2.24, 2.45) is 0 Å². The van der Waals surface area contributed by atoms with E-state index in [-0.39, 0.29) is 5.95 Å². The van der Waals surface area contributed by atoms with Crippen molar-refractivity contribution in [3.8, 4) is 17.2 Å². The third-order valence-corrected chi connectivity index (χ3v) is 4.98. The number of benzene rings is 1. The monoisotopic (exact) mass is 371 g/mol. The quantitative estimate of drug-likeness (QED) is 0.756. The molecule has 3 aromatic rings. The van der Waals surface area contributed by atoms with Crippen molar-refractivity contribution in [3.63, 3.8) is 0 Å². The summed E-state index contributed by atoms with van der Waals surface area (Å²) in [4.78, 5) is 17.6. The molecule has 7 heteroatoms. The number of nitrogen functional groups attached to an aromatic ring is 1. The lowest BCUT2D eigenvalue weighted by Gasteiger charge is -2.38. The number of pyridine rings is 1. The van der Waals surface area contributed by atoms with Crippen LogP contribution in [0.2, 0.25) is 0 Å². The van der Waals surface area contributed by atoms with Crippen LogP contribution < -0.4 is 15.5 Å². The minimum Gasteiger partial charge on any atom is -0.368 e. The second kappa shape index (κ2) is 7.53. The van der Waals surface area contributed by atoms with Crippen molar-refractivity contribution in [1.29, 1.82) is 5.26 Å². The number of aromatic nitrogens is 3. The van der Waals surface area contributed by atoms with Gasteiger partial charge >= 0.3 is 0 Å². The lowest BCUT2D eigenvalue weighted by atomic mass is 10.1. The highest BCUT2D eigenvalue weighted by atomic mass is 15.3. The van der Waals surface area contributed by atoms with Crippen LogP contribution in [0.4, 0.5) is 17.5 Å². The van der Waals surface area contributed by atoms with Gasteiger partial charge in [0.1, 0.15) is 11.9 Å². The van der Waals surface area contributed by atoms with E-state index in [2.05, 4.69) is 30.8 Å². The van der Waals surface area contributed by atoms with Gasteiger partial charge in [0.25, 0.3) is 0 Å². The fourth-order valence-corrected chi connectivity index (χ4v) is 3.66. The van der Waals surface area contributed by atoms with Crippen LogP contribution in [0.5, 0.6) is 0 Å². The summed E-state index contributed by atoms with van der Waals surface area (Å²) in [6.45, 7) is 5.11. The number of anilines is 3. The summed E-state index contributed by atoms with van der Waals surface area (Å²) in [6.07, 6.45) is 3.58. The van der Waals surface area contributed by atoms with Crippen LogP contribution in [0.15, 0.2) is 48.8 Å². The average molecular weight is 371 g/mol. The molecule has 0 saturated carbocycles. The van der Waals surface area contributed by atoms with E-state index in [0.29, 0.717) is 5.56 Å². The topological polar surface area (TPSA) is 95.0 Å². The zero-order valence-electron chi connectivity index (χ0n) is 15.7. The minimum atomic E-state index is 0.275. The summed E-state index contributed by atoms with van der Waals surface area (Å²) < 4.78 is 0. The summed E-state index contributed by atoms with van der Waals surface area (Å²) in [6, 6.07) is 13.9. The summed E-state index contributed by atoms with van der Waals surface area (Å²) in [5, 5.41) is 9.38. The molecule has 1 aliphatic heterocycles. The number of aryl methyl sites for hydroxylation is 1. The van der Waals surface area contributed by atoms with Crippen LogP contribution in [0, 0.1) is 18.3 Å². The normalized spacial score (nSPS) is 14.0. The molecule has 1 aliphatic rings. The highest BCUT2D eigenvalue weighted by Crippen LogP contribution is 2.33. The molecule has 0 spiro atoms. The largest absolute Gasteiger partial charge is 0.368 e. The van der Waals surface area contributed by atoms with Gasteiger partial charge in [-0.05, 0) is 25.1 Å². The molecule has 0 atom stereocenters. The number of piperazine rings is 1. The molecule has 7 nitrogen and oxygen atoms in total. The highest BCUT2D eigenvalue weighted by molar-refractivity contribution is 5.78. The minimum absolute atomic E-state index is 0.275. The maximum atomic E-state index is 9.38. The van der Waals surface area contributed by atoms with Crippen LogP contribution in [0.25, 0.3) is 11.1 Å². The van der Waals surface area contributed by atoms with Gasteiger partial charge in [-0.2, -0.15) is 10.2 Å². The van der Waals surface area contributed by atoms with Crippen molar-refractivity contribution in [1.82, 2.24) is 15.0 Å². The number of nitrogens with two attached hydrogens (primary N) is 1. The van der Waals surface area contributed by atoms with E-state index in [1.807, 2.05) is 49.5 Å². The van der Waals surface area contributed by atoms with E-state index in [4.69, 9.17) is 5.73 Å². The molecule has 0 unspecified atom stereocenters. The van der Waals surface area contributed by atoms with Crippen LogP contribution >= 0.6 is 0 Å². The first-order valence-electron chi connectivity index (χ1n) is 9.21. The predicted molar refractivity (Wildman–Crippen MR) is 110 cm³/mol. The molecule has 1 fully saturated rings. The summed E-state index contributed by atoms with van der Waals surface area (Å²) in [7, 11) is 0. The van der Waals surface area contributed by atoms with E-state index < -0.39 is 0 Å². The number of hydrogen-bond acceptors (Lipinski definition) is 7. The number of nitriles is 1. The summed E-state index contributed by atoms with van der Waals surface area (Å²) in [5.74, 6) is 1.11. The smallest absolute Gasteiger partial charge is 0.222 e. The van der Waals surface area contributed by atoms with Gasteiger partial charge in [0, 0.05) is 49.7 Å². The molecule has 1 saturated heterocycles. The molecule has 0 bridgehead atoms. The molecular weight excluding hydrogens is 350 g/mol. The first-order valence-corrected chi connectivity index (χ1v) is 9.21. The first kappa shape index (κ1) is 17.7. The molecule has 140 valence electrons.